The van der Waals surface area contributed by atoms with E-state index in [0.717, 1.165) is 10.1 Å². The number of urea groups is 1. The average Bonchev–Trinajstić information content (AvgIpc) is 2.72. The van der Waals surface area contributed by atoms with Crippen LogP contribution in [-0.2, 0) is 0 Å². The van der Waals surface area contributed by atoms with Crippen molar-refractivity contribution in [1.29, 1.82) is 0 Å². The van der Waals surface area contributed by atoms with Crippen molar-refractivity contribution in [1.82, 2.24) is 10.6 Å². The molecule has 2 rings (SSSR count). The van der Waals surface area contributed by atoms with Crippen molar-refractivity contribution in [3.8, 4) is 0 Å². The first kappa shape index (κ1) is 14.4. The SMILES string of the molecule is NC(=O)NCCNC(=O)c1sc2ccc(Cl)cc2c1N. The Hall–Kier alpha value is -1.99. The number of benzene rings is 1. The summed E-state index contributed by atoms with van der Waals surface area (Å²) in [6, 6.07) is 4.67. The summed E-state index contributed by atoms with van der Waals surface area (Å²) in [6.07, 6.45) is 0. The molecule has 8 heteroatoms. The molecule has 0 spiro atoms. The summed E-state index contributed by atoms with van der Waals surface area (Å²) in [7, 11) is 0. The highest BCUT2D eigenvalue weighted by Gasteiger charge is 2.16. The lowest BCUT2D eigenvalue weighted by Gasteiger charge is -2.04. The third-order valence-electron chi connectivity index (χ3n) is 2.60. The zero-order chi connectivity index (χ0) is 14.7. The van der Waals surface area contributed by atoms with Gasteiger partial charge in [-0.25, -0.2) is 4.79 Å². The van der Waals surface area contributed by atoms with E-state index < -0.39 is 6.03 Å². The number of carbonyl (C=O) groups is 2. The molecule has 0 saturated heterocycles. The smallest absolute Gasteiger partial charge is 0.312 e. The Kier molecular flexibility index (Phi) is 4.31. The zero-order valence-corrected chi connectivity index (χ0v) is 12.0. The van der Waals surface area contributed by atoms with E-state index in [1.165, 1.54) is 11.3 Å². The molecule has 6 N–H and O–H groups in total. The Morgan fingerprint density at radius 3 is 2.65 bits per heavy atom. The van der Waals surface area contributed by atoms with Crippen molar-refractivity contribution in [3.63, 3.8) is 0 Å². The number of nitrogens with one attached hydrogen (secondary N) is 2. The number of amides is 3. The van der Waals surface area contributed by atoms with E-state index in [1.54, 1.807) is 12.1 Å². The molecule has 0 radical (unpaired) electrons. The van der Waals surface area contributed by atoms with Crippen LogP contribution in [-0.4, -0.2) is 25.0 Å². The van der Waals surface area contributed by atoms with Crippen LogP contribution >= 0.6 is 22.9 Å². The maximum Gasteiger partial charge on any atom is 0.312 e. The van der Waals surface area contributed by atoms with Crippen LogP contribution in [0.25, 0.3) is 10.1 Å². The molecule has 0 saturated carbocycles. The topological polar surface area (TPSA) is 110 Å². The second-order valence-corrected chi connectivity index (χ2v) is 5.52. The van der Waals surface area contributed by atoms with Crippen LogP contribution in [0.4, 0.5) is 10.5 Å². The summed E-state index contributed by atoms with van der Waals surface area (Å²) in [5.41, 5.74) is 11.3. The Morgan fingerprint density at radius 2 is 1.95 bits per heavy atom. The standard InChI is InChI=1S/C12H13ClN4O2S/c13-6-1-2-8-7(5-6)9(14)10(20-8)11(18)16-3-4-17-12(15)19/h1-2,5H,3-4,14H2,(H,16,18)(H3,15,17,19). The van der Waals surface area contributed by atoms with Crippen LogP contribution in [0.1, 0.15) is 9.67 Å². The first-order valence-corrected chi connectivity index (χ1v) is 6.97. The molecule has 1 aromatic heterocycles. The van der Waals surface area contributed by atoms with Crippen LogP contribution in [0.3, 0.4) is 0 Å². The van der Waals surface area contributed by atoms with Gasteiger partial charge in [0.05, 0.1) is 5.69 Å². The fourth-order valence-electron chi connectivity index (χ4n) is 1.70. The molecule has 0 aliphatic carbocycles. The quantitative estimate of drug-likeness (QED) is 0.642. The highest BCUT2D eigenvalue weighted by atomic mass is 35.5. The first-order chi connectivity index (χ1) is 9.49. The number of rotatable bonds is 4. The van der Waals surface area contributed by atoms with Gasteiger partial charge in [0.2, 0.25) is 0 Å². The van der Waals surface area contributed by atoms with Gasteiger partial charge in [-0.15, -0.1) is 11.3 Å². The second kappa shape index (κ2) is 5.98. The summed E-state index contributed by atoms with van der Waals surface area (Å²) in [4.78, 5) is 22.9. The molecule has 106 valence electrons. The van der Waals surface area contributed by atoms with Crippen molar-refractivity contribution in [2.75, 3.05) is 18.8 Å². The van der Waals surface area contributed by atoms with Gasteiger partial charge in [-0.1, -0.05) is 11.6 Å². The van der Waals surface area contributed by atoms with E-state index in [2.05, 4.69) is 10.6 Å². The summed E-state index contributed by atoms with van der Waals surface area (Å²) in [5, 5.41) is 6.37. The molecular weight excluding hydrogens is 300 g/mol. The molecular formula is C12H13ClN4O2S. The summed E-state index contributed by atoms with van der Waals surface area (Å²) >= 11 is 7.21. The average molecular weight is 313 g/mol. The van der Waals surface area contributed by atoms with Crippen LogP contribution in [0, 0.1) is 0 Å². The molecule has 0 atom stereocenters. The molecule has 20 heavy (non-hydrogen) atoms. The monoisotopic (exact) mass is 312 g/mol. The van der Waals surface area contributed by atoms with Crippen LogP contribution < -0.4 is 22.1 Å². The van der Waals surface area contributed by atoms with E-state index >= 15 is 0 Å². The van der Waals surface area contributed by atoms with Gasteiger partial charge >= 0.3 is 6.03 Å². The van der Waals surface area contributed by atoms with E-state index in [0.29, 0.717) is 15.6 Å². The number of hydrogen-bond acceptors (Lipinski definition) is 4. The number of thiophene rings is 1. The lowest BCUT2D eigenvalue weighted by atomic mass is 10.2. The number of hydrogen-bond donors (Lipinski definition) is 4. The molecule has 0 fully saturated rings. The third kappa shape index (κ3) is 3.12. The Morgan fingerprint density at radius 1 is 1.25 bits per heavy atom. The fourth-order valence-corrected chi connectivity index (χ4v) is 2.89. The van der Waals surface area contributed by atoms with Crippen LogP contribution in [0.5, 0.6) is 0 Å². The second-order valence-electron chi connectivity index (χ2n) is 4.03. The molecule has 0 aliphatic rings. The Balaban J connectivity index is 2.10. The molecule has 1 heterocycles. The third-order valence-corrected chi connectivity index (χ3v) is 4.02. The highest BCUT2D eigenvalue weighted by molar-refractivity contribution is 7.21. The van der Waals surface area contributed by atoms with E-state index in [9.17, 15) is 9.59 Å². The van der Waals surface area contributed by atoms with Gasteiger partial charge in [0, 0.05) is 28.2 Å². The number of nitrogen functional groups attached to an aromatic ring is 1. The minimum atomic E-state index is -0.629. The van der Waals surface area contributed by atoms with Gasteiger partial charge in [0.15, 0.2) is 0 Å². The van der Waals surface area contributed by atoms with Gasteiger partial charge < -0.3 is 22.1 Å². The minimum absolute atomic E-state index is 0.262. The van der Waals surface area contributed by atoms with Gasteiger partial charge in [0.25, 0.3) is 5.91 Å². The van der Waals surface area contributed by atoms with Gasteiger partial charge in [0.1, 0.15) is 4.88 Å². The lowest BCUT2D eigenvalue weighted by molar-refractivity contribution is 0.0959. The maximum atomic E-state index is 12.0. The predicted octanol–water partition coefficient (Wildman–Crippen LogP) is 1.53. The molecule has 0 aliphatic heterocycles. The Bertz CT molecular complexity index is 671. The molecule has 0 bridgehead atoms. The van der Waals surface area contributed by atoms with E-state index in [1.807, 2.05) is 6.07 Å². The summed E-state index contributed by atoms with van der Waals surface area (Å²) < 4.78 is 0.896. The molecule has 6 nitrogen and oxygen atoms in total. The normalized spacial score (nSPS) is 10.4. The van der Waals surface area contributed by atoms with Crippen LogP contribution in [0.15, 0.2) is 18.2 Å². The molecule has 1 aromatic carbocycles. The zero-order valence-electron chi connectivity index (χ0n) is 10.4. The minimum Gasteiger partial charge on any atom is -0.397 e. The molecule has 2 aromatic rings. The molecule has 3 amide bonds. The van der Waals surface area contributed by atoms with Crippen molar-refractivity contribution < 1.29 is 9.59 Å². The summed E-state index contributed by atoms with van der Waals surface area (Å²) in [5.74, 6) is -0.286. The van der Waals surface area contributed by atoms with Crippen molar-refractivity contribution in [3.05, 3.63) is 28.1 Å². The number of fused-ring (bicyclic) bond motifs is 1. The van der Waals surface area contributed by atoms with Gasteiger partial charge in [-0.05, 0) is 18.2 Å². The fraction of sp³-hybridized carbons (Fsp3) is 0.167. The van der Waals surface area contributed by atoms with E-state index in [4.69, 9.17) is 23.1 Å². The highest BCUT2D eigenvalue weighted by Crippen LogP contribution is 2.35. The number of primary amides is 1. The van der Waals surface area contributed by atoms with Crippen LogP contribution in [0.2, 0.25) is 5.02 Å². The number of anilines is 1. The molecule has 0 unspecified atom stereocenters. The van der Waals surface area contributed by atoms with Gasteiger partial charge in [-0.3, -0.25) is 4.79 Å². The van der Waals surface area contributed by atoms with E-state index in [-0.39, 0.29) is 19.0 Å². The summed E-state index contributed by atoms with van der Waals surface area (Å²) in [6.45, 7) is 0.536. The van der Waals surface area contributed by atoms with Gasteiger partial charge in [-0.2, -0.15) is 0 Å². The van der Waals surface area contributed by atoms with Crippen molar-refractivity contribution >= 4 is 50.6 Å². The predicted molar refractivity (Wildman–Crippen MR) is 81.2 cm³/mol. The maximum absolute atomic E-state index is 12.0. The first-order valence-electron chi connectivity index (χ1n) is 5.78. The van der Waals surface area contributed by atoms with Crippen molar-refractivity contribution in [2.24, 2.45) is 5.73 Å². The number of nitrogens with two attached hydrogens (primary N) is 2. The number of halogens is 1. The largest absolute Gasteiger partial charge is 0.397 e. The number of carbonyl (C=O) groups excluding carboxylic acids is 2. The Labute approximate surface area is 124 Å². The lowest BCUT2D eigenvalue weighted by Crippen LogP contribution is -2.37. The van der Waals surface area contributed by atoms with Crippen molar-refractivity contribution in [2.45, 2.75) is 0 Å².